The predicted molar refractivity (Wildman–Crippen MR) is 183 cm³/mol. The highest BCUT2D eigenvalue weighted by molar-refractivity contribution is 7.93. The van der Waals surface area contributed by atoms with Crippen molar-refractivity contribution in [2.45, 2.75) is 14.7 Å². The van der Waals surface area contributed by atoms with Gasteiger partial charge >= 0.3 is 0 Å². The van der Waals surface area contributed by atoms with Crippen LogP contribution in [0.2, 0.25) is 0 Å². The maximum absolute atomic E-state index is 14.0. The van der Waals surface area contributed by atoms with Gasteiger partial charge in [-0.15, -0.1) is 0 Å². The first-order valence-corrected chi connectivity index (χ1v) is 18.7. The van der Waals surface area contributed by atoms with E-state index in [-0.39, 0.29) is 49.1 Å². The maximum atomic E-state index is 14.0. The highest BCUT2D eigenvalue weighted by Gasteiger charge is 2.32. The van der Waals surface area contributed by atoms with Crippen LogP contribution >= 0.6 is 12.2 Å². The van der Waals surface area contributed by atoms with Crippen LogP contribution in [0.4, 0.5) is 11.4 Å². The highest BCUT2D eigenvalue weighted by atomic mass is 32.2. The zero-order valence-electron chi connectivity index (χ0n) is 25.2. The number of isothiocyanates is 1. The summed E-state index contributed by atoms with van der Waals surface area (Å²) in [4.78, 5) is 27.2. The van der Waals surface area contributed by atoms with E-state index in [2.05, 4.69) is 22.4 Å². The number of sulfone groups is 1. The Balaban J connectivity index is 1.86. The summed E-state index contributed by atoms with van der Waals surface area (Å²) < 4.78 is 87.6. The molecule has 48 heavy (non-hydrogen) atoms. The third-order valence-electron chi connectivity index (χ3n) is 6.97. The fraction of sp³-hybridized carbons (Fsp3) is 0.167. The maximum Gasteiger partial charge on any atom is 0.264 e. The Morgan fingerprint density at radius 1 is 0.708 bits per heavy atom. The molecule has 0 fully saturated rings. The van der Waals surface area contributed by atoms with Gasteiger partial charge in [-0.25, -0.2) is 30.2 Å². The van der Waals surface area contributed by atoms with Crippen LogP contribution in [0.15, 0.2) is 105 Å². The molecule has 0 saturated carbocycles. The van der Waals surface area contributed by atoms with Crippen LogP contribution in [0, 0.1) is 0 Å². The van der Waals surface area contributed by atoms with E-state index in [1.54, 1.807) is 12.1 Å². The van der Waals surface area contributed by atoms with Crippen LogP contribution in [-0.2, 0) is 39.5 Å². The number of hydrogen-bond donors (Lipinski definition) is 2. The number of methoxy groups -OCH3 is 1. The van der Waals surface area contributed by atoms with E-state index in [9.17, 15) is 34.8 Å². The number of hydrogen-bond acceptors (Lipinski definition) is 11. The zero-order valence-corrected chi connectivity index (χ0v) is 28.5. The number of benzene rings is 4. The number of fused-ring (bicyclic) bond motifs is 1. The summed E-state index contributed by atoms with van der Waals surface area (Å²) in [7, 11) is -11.4. The lowest BCUT2D eigenvalue weighted by Crippen LogP contribution is -2.39. The molecule has 2 amide bonds. The second-order valence-electron chi connectivity index (χ2n) is 10.0. The lowest BCUT2D eigenvalue weighted by Gasteiger charge is -2.28. The van der Waals surface area contributed by atoms with Gasteiger partial charge < -0.3 is 16.2 Å². The minimum Gasteiger partial charge on any atom is -0.497 e. The van der Waals surface area contributed by atoms with Gasteiger partial charge in [0, 0.05) is 10.8 Å². The molecule has 0 heterocycles. The number of amides is 2. The van der Waals surface area contributed by atoms with Crippen molar-refractivity contribution in [1.82, 2.24) is 0 Å². The fourth-order valence-corrected chi connectivity index (χ4v) is 8.84. The van der Waals surface area contributed by atoms with Crippen molar-refractivity contribution < 1.29 is 39.6 Å². The quantitative estimate of drug-likeness (QED) is 0.134. The average Bonchev–Trinajstić information content (AvgIpc) is 3.05. The van der Waals surface area contributed by atoms with Crippen molar-refractivity contribution >= 4 is 81.2 Å². The topological polar surface area (TPSA) is 217 Å². The third-order valence-corrected chi connectivity index (χ3v) is 12.4. The molecular formula is C30H29N5O9S4. The second kappa shape index (κ2) is 14.5. The molecule has 4 rings (SSSR count). The summed E-state index contributed by atoms with van der Waals surface area (Å²) in [5, 5.41) is 2.45. The molecule has 0 saturated heterocycles. The van der Waals surface area contributed by atoms with Gasteiger partial charge in [0.15, 0.2) is 9.84 Å². The van der Waals surface area contributed by atoms with Crippen LogP contribution < -0.4 is 24.8 Å². The molecule has 0 aliphatic heterocycles. The normalized spacial score (nSPS) is 11.8. The zero-order chi connectivity index (χ0) is 35.3. The summed E-state index contributed by atoms with van der Waals surface area (Å²) in [6, 6.07) is 18.5. The van der Waals surface area contributed by atoms with E-state index < -0.39 is 54.8 Å². The van der Waals surface area contributed by atoms with Crippen molar-refractivity contribution in [2.75, 3.05) is 41.1 Å². The van der Waals surface area contributed by atoms with Crippen LogP contribution in [0.5, 0.6) is 5.75 Å². The van der Waals surface area contributed by atoms with E-state index >= 15 is 0 Å². The van der Waals surface area contributed by atoms with Crippen LogP contribution in [-0.4, -0.2) is 74.7 Å². The molecule has 4 aromatic rings. The summed E-state index contributed by atoms with van der Waals surface area (Å²) in [6.45, 7) is -1.70. The first kappa shape index (κ1) is 36.0. The van der Waals surface area contributed by atoms with Crippen molar-refractivity contribution in [3.8, 4) is 5.75 Å². The van der Waals surface area contributed by atoms with Crippen molar-refractivity contribution in [3.63, 3.8) is 0 Å². The van der Waals surface area contributed by atoms with Gasteiger partial charge in [-0.2, -0.15) is 0 Å². The molecule has 18 heteroatoms. The second-order valence-corrected chi connectivity index (χ2v) is 16.1. The van der Waals surface area contributed by atoms with Crippen LogP contribution in [0.25, 0.3) is 10.8 Å². The Bertz CT molecular complexity index is 2240. The number of carbonyl (C=O) groups excluding carboxylic acids is 2. The number of thiocarbonyl (C=S) groups is 1. The number of nitrogens with zero attached hydrogens (tertiary/aromatic N) is 3. The largest absolute Gasteiger partial charge is 0.497 e. The molecule has 0 bridgehead atoms. The molecule has 0 spiro atoms. The molecule has 252 valence electrons. The van der Waals surface area contributed by atoms with Gasteiger partial charge in [0.05, 0.1) is 50.6 Å². The summed E-state index contributed by atoms with van der Waals surface area (Å²) in [6.07, 6.45) is 0. The number of ether oxygens (including phenoxy) is 1. The summed E-state index contributed by atoms with van der Waals surface area (Å²) in [5.41, 5.74) is 10.9. The smallest absolute Gasteiger partial charge is 0.264 e. The van der Waals surface area contributed by atoms with Crippen molar-refractivity contribution in [2.24, 2.45) is 16.5 Å². The Hall–Kier alpha value is -4.87. The first-order chi connectivity index (χ1) is 22.6. The minimum atomic E-state index is -4.58. The van der Waals surface area contributed by atoms with Crippen LogP contribution in [0.1, 0.15) is 0 Å². The van der Waals surface area contributed by atoms with Gasteiger partial charge in [-0.3, -0.25) is 18.2 Å². The standard InChI is InChI=1S/C30H29N5O9S4/c1-44-21-6-8-23(9-7-21)47(40,41)34(18-29(31)36)27-14-15-28(26-5-3-2-4-25(26)27)35(19-30(32)37)48(42,43)24-12-10-22(11-13-24)46(38,39)17-16-33-20-45/h2-15H,16-19H2,1H3,(H2,31,36)(H2,32,37). The van der Waals surface area contributed by atoms with E-state index in [1.807, 2.05) is 0 Å². The average molecular weight is 732 g/mol. The Kier molecular flexibility index (Phi) is 10.9. The number of primary amides is 2. The molecule has 0 aliphatic carbocycles. The lowest BCUT2D eigenvalue weighted by molar-refractivity contribution is -0.117. The molecule has 0 aromatic heterocycles. The van der Waals surface area contributed by atoms with E-state index in [4.69, 9.17) is 16.2 Å². The summed E-state index contributed by atoms with van der Waals surface area (Å²) >= 11 is 4.45. The van der Waals surface area contributed by atoms with E-state index in [0.29, 0.717) is 5.75 Å². The molecule has 0 radical (unpaired) electrons. The summed E-state index contributed by atoms with van der Waals surface area (Å²) in [5.74, 6) is -1.96. The monoisotopic (exact) mass is 731 g/mol. The molecule has 4 N–H and O–H groups in total. The molecule has 4 aromatic carbocycles. The number of nitrogens with two attached hydrogens (primary N) is 2. The molecular weight excluding hydrogens is 703 g/mol. The third kappa shape index (κ3) is 7.64. The van der Waals surface area contributed by atoms with Gasteiger partial charge in [-0.1, -0.05) is 24.3 Å². The number of aliphatic imine (C=N–C) groups is 1. The molecule has 0 unspecified atom stereocenters. The first-order valence-electron chi connectivity index (χ1n) is 13.8. The van der Waals surface area contributed by atoms with E-state index in [1.165, 1.54) is 55.6 Å². The Morgan fingerprint density at radius 3 is 1.52 bits per heavy atom. The van der Waals surface area contributed by atoms with E-state index in [0.717, 1.165) is 32.9 Å². The van der Waals surface area contributed by atoms with Gasteiger partial charge in [0.2, 0.25) is 11.8 Å². The number of rotatable bonds is 15. The SMILES string of the molecule is COc1ccc(S(=O)(=O)N(CC(N)=O)c2ccc(N(CC(N)=O)S(=O)(=O)c3ccc(S(=O)(=O)CCN=C=S)cc3)c3ccccc23)cc1. The van der Waals surface area contributed by atoms with Crippen molar-refractivity contribution in [1.29, 1.82) is 0 Å². The van der Waals surface area contributed by atoms with Gasteiger partial charge in [0.25, 0.3) is 20.0 Å². The van der Waals surface area contributed by atoms with Crippen molar-refractivity contribution in [3.05, 3.63) is 84.9 Å². The van der Waals surface area contributed by atoms with Crippen LogP contribution in [0.3, 0.4) is 0 Å². The fourth-order valence-electron chi connectivity index (χ4n) is 4.73. The molecule has 0 atom stereocenters. The Labute approximate surface area is 282 Å². The molecule has 0 aliphatic rings. The highest BCUT2D eigenvalue weighted by Crippen LogP contribution is 2.38. The minimum absolute atomic E-state index is 0.00655. The number of sulfonamides is 2. The predicted octanol–water partition coefficient (Wildman–Crippen LogP) is 2.09. The molecule has 14 nitrogen and oxygen atoms in total. The lowest BCUT2D eigenvalue weighted by atomic mass is 10.1. The number of carbonyl (C=O) groups is 2. The van der Waals surface area contributed by atoms with Gasteiger partial charge in [-0.05, 0) is 72.9 Å². The number of anilines is 2. The Morgan fingerprint density at radius 2 is 1.12 bits per heavy atom. The van der Waals surface area contributed by atoms with Gasteiger partial charge in [0.1, 0.15) is 18.8 Å².